The summed E-state index contributed by atoms with van der Waals surface area (Å²) in [7, 11) is 0. The Labute approximate surface area is 229 Å². The van der Waals surface area contributed by atoms with E-state index in [0.717, 1.165) is 0 Å². The highest BCUT2D eigenvalue weighted by atomic mass is 79.9. The van der Waals surface area contributed by atoms with Gasteiger partial charge in [-0.2, -0.15) is 0 Å². The van der Waals surface area contributed by atoms with Gasteiger partial charge in [0.05, 0.1) is 25.2 Å². The average Bonchev–Trinajstić information content (AvgIpc) is 2.92. The number of rotatable bonds is 12. The summed E-state index contributed by atoms with van der Waals surface area (Å²) >= 11 is 2.77. The molecule has 19 heteroatoms. The predicted octanol–water partition coefficient (Wildman–Crippen LogP) is -7.89. The second-order valence-electron chi connectivity index (χ2n) is 8.92. The Morgan fingerprint density at radius 1 is 0.769 bits per heavy atom. The van der Waals surface area contributed by atoms with Gasteiger partial charge in [-0.3, -0.25) is 14.9 Å². The number of halogens is 1. The van der Waals surface area contributed by atoms with Crippen LogP contribution in [0, 0.1) is 0 Å². The second kappa shape index (κ2) is 15.3. The van der Waals surface area contributed by atoms with Gasteiger partial charge < -0.3 is 75.1 Å². The summed E-state index contributed by atoms with van der Waals surface area (Å²) in [6.07, 6.45) is -25.7. The van der Waals surface area contributed by atoms with Crippen LogP contribution in [0.5, 0.6) is 0 Å². The quantitative estimate of drug-likeness (QED) is 0.0882. The van der Waals surface area contributed by atoms with Gasteiger partial charge in [0.25, 0.3) is 5.91 Å². The van der Waals surface area contributed by atoms with E-state index in [-0.39, 0.29) is 5.33 Å². The topological polar surface area (TPSA) is 306 Å². The first-order valence-electron chi connectivity index (χ1n) is 11.6. The Balaban J connectivity index is 1.94. The molecular formula is C20H34BrNO17. The lowest BCUT2D eigenvalue weighted by molar-refractivity contribution is -0.333. The minimum absolute atomic E-state index is 0.292. The maximum Gasteiger partial charge on any atom is 0.258 e. The second-order valence-corrected chi connectivity index (χ2v) is 9.48. The summed E-state index contributed by atoms with van der Waals surface area (Å²) in [6.45, 7) is -2.28. The van der Waals surface area contributed by atoms with E-state index in [0.29, 0.717) is 0 Å². The van der Waals surface area contributed by atoms with Gasteiger partial charge in [0, 0.05) is 0 Å². The molecule has 2 amide bonds. The summed E-state index contributed by atoms with van der Waals surface area (Å²) in [5, 5.41) is 111. The fourth-order valence-corrected chi connectivity index (χ4v) is 3.83. The lowest BCUT2D eigenvalue weighted by Crippen LogP contribution is -2.62. The Hall–Kier alpha value is -0.980. The summed E-state index contributed by atoms with van der Waals surface area (Å²) in [4.78, 5) is 22.9. The van der Waals surface area contributed by atoms with Crippen LogP contribution in [0.1, 0.15) is 0 Å². The van der Waals surface area contributed by atoms with Crippen molar-refractivity contribution in [3.63, 3.8) is 0 Å². The minimum atomic E-state index is -2.32. The van der Waals surface area contributed by atoms with E-state index in [1.165, 1.54) is 0 Å². The maximum atomic E-state index is 11.7. The molecule has 0 spiro atoms. The molecule has 0 aromatic carbocycles. The van der Waals surface area contributed by atoms with Crippen molar-refractivity contribution in [3.8, 4) is 0 Å². The van der Waals surface area contributed by atoms with Crippen molar-refractivity contribution < 1.29 is 84.7 Å². The fourth-order valence-electron chi connectivity index (χ4n) is 3.69. The highest BCUT2D eigenvalue weighted by Crippen LogP contribution is 2.26. The molecule has 2 aliphatic heterocycles. The van der Waals surface area contributed by atoms with E-state index < -0.39 is 117 Å². The average molecular weight is 640 g/mol. The first kappa shape index (κ1) is 34.2. The van der Waals surface area contributed by atoms with Crippen LogP contribution in [0.3, 0.4) is 0 Å². The highest BCUT2D eigenvalue weighted by molar-refractivity contribution is 9.09. The van der Waals surface area contributed by atoms with Crippen LogP contribution in [0.25, 0.3) is 0 Å². The van der Waals surface area contributed by atoms with Crippen LogP contribution in [0.15, 0.2) is 0 Å². The van der Waals surface area contributed by atoms with Crippen LogP contribution < -0.4 is 5.32 Å². The molecule has 39 heavy (non-hydrogen) atoms. The molecule has 18 nitrogen and oxygen atoms in total. The van der Waals surface area contributed by atoms with E-state index in [9.17, 15) is 65.8 Å². The maximum absolute atomic E-state index is 11.7. The standard InChI is InChI=1S/C20H34BrNO17/c21-1-8(25)22-18(35)15(32)12(29)9(26)5(24)3-36-19-17(34)14(31)11(28)7(39-19)4-37-20-16(33)13(30)10(27)6(2-23)38-20/h5-7,9-17,19-20,23-24,26-34H,1-4H2,(H,22,25,35)/t5-,6-,7-,9-,10-,11-,12+,13+,14+,15-,16-,17-,19+,20+/m1/s1. The number of hydrogen-bond donors (Lipinski definition) is 12. The number of imide groups is 1. The predicted molar refractivity (Wildman–Crippen MR) is 123 cm³/mol. The Morgan fingerprint density at radius 3 is 1.82 bits per heavy atom. The number of ether oxygens (including phenoxy) is 4. The molecule has 0 bridgehead atoms. The molecule has 2 heterocycles. The van der Waals surface area contributed by atoms with E-state index in [4.69, 9.17) is 18.9 Å². The number of alkyl halides is 1. The van der Waals surface area contributed by atoms with E-state index in [1.54, 1.807) is 5.32 Å². The molecule has 2 fully saturated rings. The molecular weight excluding hydrogens is 606 g/mol. The zero-order chi connectivity index (χ0) is 29.6. The molecule has 0 aliphatic carbocycles. The molecule has 0 saturated carbocycles. The molecule has 2 saturated heterocycles. The van der Waals surface area contributed by atoms with Gasteiger partial charge in [0.15, 0.2) is 18.7 Å². The van der Waals surface area contributed by atoms with Gasteiger partial charge in [-0.05, 0) is 0 Å². The Bertz CT molecular complexity index is 793. The van der Waals surface area contributed by atoms with Crippen molar-refractivity contribution in [1.29, 1.82) is 0 Å². The fraction of sp³-hybridized carbons (Fsp3) is 0.900. The van der Waals surface area contributed by atoms with Crippen LogP contribution in [-0.2, 0) is 28.5 Å². The summed E-state index contributed by atoms with van der Waals surface area (Å²) in [5.41, 5.74) is 0. The summed E-state index contributed by atoms with van der Waals surface area (Å²) < 4.78 is 20.9. The largest absolute Gasteiger partial charge is 0.394 e. The van der Waals surface area contributed by atoms with Crippen LogP contribution in [0.2, 0.25) is 0 Å². The van der Waals surface area contributed by atoms with Crippen LogP contribution >= 0.6 is 15.9 Å². The van der Waals surface area contributed by atoms with Crippen molar-refractivity contribution in [2.75, 3.05) is 25.2 Å². The van der Waals surface area contributed by atoms with E-state index in [1.807, 2.05) is 0 Å². The number of hydrogen-bond acceptors (Lipinski definition) is 17. The molecule has 0 aromatic rings. The highest BCUT2D eigenvalue weighted by Gasteiger charge is 2.48. The van der Waals surface area contributed by atoms with Crippen molar-refractivity contribution in [2.45, 2.75) is 85.8 Å². The smallest absolute Gasteiger partial charge is 0.258 e. The minimum Gasteiger partial charge on any atom is -0.394 e. The van der Waals surface area contributed by atoms with Crippen molar-refractivity contribution in [2.24, 2.45) is 0 Å². The zero-order valence-corrected chi connectivity index (χ0v) is 21.7. The Kier molecular flexibility index (Phi) is 13.4. The van der Waals surface area contributed by atoms with Crippen molar-refractivity contribution in [3.05, 3.63) is 0 Å². The van der Waals surface area contributed by atoms with Gasteiger partial charge in [-0.15, -0.1) is 0 Å². The van der Waals surface area contributed by atoms with E-state index in [2.05, 4.69) is 15.9 Å². The number of aliphatic hydroxyl groups excluding tert-OH is 11. The Morgan fingerprint density at radius 2 is 1.28 bits per heavy atom. The van der Waals surface area contributed by atoms with Gasteiger partial charge in [-0.1, -0.05) is 15.9 Å². The third-order valence-corrected chi connectivity index (χ3v) is 6.60. The first-order valence-corrected chi connectivity index (χ1v) is 12.7. The molecule has 0 unspecified atom stereocenters. The van der Waals surface area contributed by atoms with Crippen molar-refractivity contribution >= 4 is 27.7 Å². The molecule has 0 radical (unpaired) electrons. The third-order valence-electron chi connectivity index (χ3n) is 6.09. The lowest BCUT2D eigenvalue weighted by Gasteiger charge is -2.42. The number of carbonyl (C=O) groups excluding carboxylic acids is 2. The first-order chi connectivity index (χ1) is 18.2. The molecule has 12 N–H and O–H groups in total. The molecule has 14 atom stereocenters. The van der Waals surface area contributed by atoms with E-state index >= 15 is 0 Å². The van der Waals surface area contributed by atoms with Gasteiger partial charge in [0.1, 0.15) is 67.1 Å². The van der Waals surface area contributed by atoms with Gasteiger partial charge in [0.2, 0.25) is 5.91 Å². The molecule has 0 aromatic heterocycles. The van der Waals surface area contributed by atoms with Gasteiger partial charge in [-0.25, -0.2) is 0 Å². The number of nitrogens with one attached hydrogen (secondary N) is 1. The number of carbonyl (C=O) groups is 2. The van der Waals surface area contributed by atoms with Crippen LogP contribution in [-0.4, -0.2) is 179 Å². The number of aliphatic hydroxyl groups is 11. The SMILES string of the molecule is O=C(CBr)NC(=O)[C@H](O)[C@@H](O)[C@H](O)[C@H](O)CO[C@H]1O[C@H](CO[C@H]2O[C@H](CO)[C@@H](O)[C@H](O)[C@H]2O)[C@@H](O)[C@H](O)[C@H]1O. The molecule has 2 aliphatic rings. The lowest BCUT2D eigenvalue weighted by atomic mass is 9.98. The zero-order valence-electron chi connectivity index (χ0n) is 20.2. The monoisotopic (exact) mass is 639 g/mol. The summed E-state index contributed by atoms with van der Waals surface area (Å²) in [5.74, 6) is -2.21. The molecule has 228 valence electrons. The van der Waals surface area contributed by atoms with Crippen molar-refractivity contribution in [1.82, 2.24) is 5.32 Å². The van der Waals surface area contributed by atoms with Gasteiger partial charge >= 0.3 is 0 Å². The third kappa shape index (κ3) is 8.52. The summed E-state index contributed by atoms with van der Waals surface area (Å²) in [6, 6.07) is 0. The number of amides is 2. The van der Waals surface area contributed by atoms with Crippen LogP contribution in [0.4, 0.5) is 0 Å². The molecule has 2 rings (SSSR count). The normalized spacial score (nSPS) is 38.5.